The molecule has 22 heavy (non-hydrogen) atoms. The Labute approximate surface area is 136 Å². The Morgan fingerprint density at radius 1 is 1.09 bits per heavy atom. The summed E-state index contributed by atoms with van der Waals surface area (Å²) in [5.41, 5.74) is 4.02. The Hall–Kier alpha value is -1.45. The van der Waals surface area contributed by atoms with Gasteiger partial charge >= 0.3 is 0 Å². The predicted octanol–water partition coefficient (Wildman–Crippen LogP) is 4.92. The third-order valence-electron chi connectivity index (χ3n) is 4.86. The fourth-order valence-electron chi connectivity index (χ4n) is 3.54. The largest absolute Gasteiger partial charge is 0.353 e. The van der Waals surface area contributed by atoms with E-state index in [1.165, 1.54) is 52.5 Å². The van der Waals surface area contributed by atoms with Crippen molar-refractivity contribution in [1.29, 1.82) is 0 Å². The lowest BCUT2D eigenvalue weighted by Crippen LogP contribution is -2.37. The minimum atomic E-state index is 0.684. The number of para-hydroxylation sites is 2. The molecule has 0 bridgehead atoms. The van der Waals surface area contributed by atoms with E-state index in [2.05, 4.69) is 59.7 Å². The van der Waals surface area contributed by atoms with Gasteiger partial charge in [0.05, 0.1) is 11.4 Å². The van der Waals surface area contributed by atoms with Crippen LogP contribution in [0, 0.1) is 0 Å². The zero-order valence-electron chi connectivity index (χ0n) is 13.0. The van der Waals surface area contributed by atoms with Crippen molar-refractivity contribution >= 4 is 23.1 Å². The average molecular weight is 310 g/mol. The monoisotopic (exact) mass is 310 g/mol. The van der Waals surface area contributed by atoms with Crippen molar-refractivity contribution in [2.24, 2.45) is 0 Å². The number of benzene rings is 2. The van der Waals surface area contributed by atoms with Crippen molar-refractivity contribution in [2.45, 2.75) is 41.5 Å². The number of rotatable bonds is 2. The molecular weight excluding hydrogens is 288 g/mol. The van der Waals surface area contributed by atoms with Crippen LogP contribution in [0.1, 0.15) is 24.8 Å². The molecule has 0 aliphatic carbocycles. The highest BCUT2D eigenvalue weighted by Gasteiger charge is 2.23. The number of nitrogens with zero attached hydrogens (tertiary/aromatic N) is 1. The zero-order chi connectivity index (χ0) is 14.9. The van der Waals surface area contributed by atoms with Crippen molar-refractivity contribution in [2.75, 3.05) is 18.9 Å². The van der Waals surface area contributed by atoms with E-state index in [4.69, 9.17) is 0 Å². The van der Waals surface area contributed by atoms with Gasteiger partial charge in [-0.25, -0.2) is 0 Å². The lowest BCUT2D eigenvalue weighted by atomic mass is 9.95. The molecule has 1 fully saturated rings. The lowest BCUT2D eigenvalue weighted by molar-refractivity contribution is 0.185. The summed E-state index contributed by atoms with van der Waals surface area (Å²) in [5.74, 6) is 0. The molecule has 0 aromatic heterocycles. The molecule has 1 N–H and O–H groups in total. The topological polar surface area (TPSA) is 15.3 Å². The van der Waals surface area contributed by atoms with E-state index in [0.717, 1.165) is 6.42 Å². The molecule has 3 heteroatoms. The molecule has 2 heterocycles. The average Bonchev–Trinajstić information content (AvgIpc) is 2.55. The van der Waals surface area contributed by atoms with Crippen molar-refractivity contribution in [3.8, 4) is 0 Å². The molecule has 1 unspecified atom stereocenters. The van der Waals surface area contributed by atoms with Crippen LogP contribution >= 0.6 is 11.8 Å². The minimum absolute atomic E-state index is 0.684. The normalized spacial score (nSPS) is 20.9. The van der Waals surface area contributed by atoms with Crippen LogP contribution in [0.5, 0.6) is 0 Å². The second-order valence-electron chi connectivity index (χ2n) is 6.35. The summed E-state index contributed by atoms with van der Waals surface area (Å²) in [6.07, 6.45) is 5.19. The summed E-state index contributed by atoms with van der Waals surface area (Å²) in [7, 11) is 2.27. The quantitative estimate of drug-likeness (QED) is 0.723. The minimum Gasteiger partial charge on any atom is -0.353 e. The summed E-state index contributed by atoms with van der Waals surface area (Å²) >= 11 is 1.88. The molecule has 4 rings (SSSR count). The summed E-state index contributed by atoms with van der Waals surface area (Å²) in [6.45, 7) is 1.24. The van der Waals surface area contributed by atoms with Gasteiger partial charge in [-0.2, -0.15) is 0 Å². The van der Waals surface area contributed by atoms with Gasteiger partial charge in [-0.3, -0.25) is 0 Å². The molecule has 1 saturated heterocycles. The third kappa shape index (κ3) is 2.64. The molecule has 0 spiro atoms. The van der Waals surface area contributed by atoms with Crippen LogP contribution in [0.25, 0.3) is 0 Å². The highest BCUT2D eigenvalue weighted by Crippen LogP contribution is 2.45. The summed E-state index contributed by atoms with van der Waals surface area (Å²) in [4.78, 5) is 5.21. The van der Waals surface area contributed by atoms with Gasteiger partial charge in [-0.1, -0.05) is 42.4 Å². The third-order valence-corrected chi connectivity index (χ3v) is 5.99. The first-order valence-corrected chi connectivity index (χ1v) is 8.99. The van der Waals surface area contributed by atoms with Crippen LogP contribution in [-0.2, 0) is 6.42 Å². The van der Waals surface area contributed by atoms with Crippen molar-refractivity contribution in [3.63, 3.8) is 0 Å². The number of likely N-dealkylation sites (tertiary alicyclic amines) is 1. The van der Waals surface area contributed by atoms with E-state index < -0.39 is 0 Å². The number of anilines is 2. The molecule has 2 aliphatic heterocycles. The number of hydrogen-bond donors (Lipinski definition) is 1. The van der Waals surface area contributed by atoms with E-state index >= 15 is 0 Å². The van der Waals surface area contributed by atoms with Crippen molar-refractivity contribution < 1.29 is 0 Å². The second-order valence-corrected chi connectivity index (χ2v) is 7.43. The van der Waals surface area contributed by atoms with Gasteiger partial charge < -0.3 is 10.2 Å². The maximum atomic E-state index is 3.67. The summed E-state index contributed by atoms with van der Waals surface area (Å²) in [5, 5.41) is 3.67. The zero-order valence-corrected chi connectivity index (χ0v) is 13.8. The van der Waals surface area contributed by atoms with E-state index in [1.807, 2.05) is 11.8 Å². The van der Waals surface area contributed by atoms with Crippen molar-refractivity contribution in [1.82, 2.24) is 4.90 Å². The second kappa shape index (κ2) is 5.98. The number of piperidine rings is 1. The molecule has 2 aromatic rings. The molecule has 0 amide bonds. The maximum Gasteiger partial charge on any atom is 0.0559 e. The Balaban J connectivity index is 1.63. The van der Waals surface area contributed by atoms with Crippen LogP contribution in [0.2, 0.25) is 0 Å². The number of nitrogens with one attached hydrogen (secondary N) is 1. The fraction of sp³-hybridized carbons (Fsp3) is 0.368. The van der Waals surface area contributed by atoms with E-state index in [-0.39, 0.29) is 0 Å². The Morgan fingerprint density at radius 3 is 2.86 bits per heavy atom. The first-order chi connectivity index (χ1) is 10.8. The van der Waals surface area contributed by atoms with Crippen LogP contribution in [-0.4, -0.2) is 24.5 Å². The van der Waals surface area contributed by atoms with Crippen molar-refractivity contribution in [3.05, 3.63) is 48.0 Å². The molecule has 2 nitrogen and oxygen atoms in total. The number of likely N-dealkylation sites (N-methyl/N-ethyl adjacent to an activating group) is 1. The molecule has 2 aromatic carbocycles. The van der Waals surface area contributed by atoms with Crippen LogP contribution in [0.3, 0.4) is 0 Å². The van der Waals surface area contributed by atoms with Gasteiger partial charge in [0, 0.05) is 15.8 Å². The lowest BCUT2D eigenvalue weighted by Gasteiger charge is -2.33. The van der Waals surface area contributed by atoms with Gasteiger partial charge in [0.1, 0.15) is 0 Å². The standard InChI is InChI=1S/C19H22N2S/c1-21-12-5-4-8-15(21)13-14-7-6-11-18-19(14)20-16-9-2-3-10-17(16)22-18/h2-3,6-7,9-11,15,20H,4-5,8,12-13H2,1H3. The van der Waals surface area contributed by atoms with E-state index in [9.17, 15) is 0 Å². The van der Waals surface area contributed by atoms with Gasteiger partial charge in [-0.15, -0.1) is 0 Å². The van der Waals surface area contributed by atoms with Crippen LogP contribution < -0.4 is 5.32 Å². The number of hydrogen-bond acceptors (Lipinski definition) is 3. The highest BCUT2D eigenvalue weighted by atomic mass is 32.2. The Bertz CT molecular complexity index is 683. The van der Waals surface area contributed by atoms with Crippen LogP contribution in [0.15, 0.2) is 52.3 Å². The highest BCUT2D eigenvalue weighted by molar-refractivity contribution is 7.99. The Morgan fingerprint density at radius 2 is 1.95 bits per heavy atom. The Kier molecular flexibility index (Phi) is 3.85. The molecule has 0 saturated carbocycles. The molecule has 114 valence electrons. The van der Waals surface area contributed by atoms with E-state index in [0.29, 0.717) is 6.04 Å². The molecule has 1 atom stereocenters. The fourth-order valence-corrected chi connectivity index (χ4v) is 4.58. The van der Waals surface area contributed by atoms with Gasteiger partial charge in [0.25, 0.3) is 0 Å². The molecule has 0 radical (unpaired) electrons. The first-order valence-electron chi connectivity index (χ1n) is 8.17. The van der Waals surface area contributed by atoms with Gasteiger partial charge in [-0.05, 0) is 56.6 Å². The first kappa shape index (κ1) is 14.2. The molecular formula is C19H22N2S. The van der Waals surface area contributed by atoms with E-state index in [1.54, 1.807) is 0 Å². The smallest absolute Gasteiger partial charge is 0.0559 e. The van der Waals surface area contributed by atoms with Gasteiger partial charge in [0.15, 0.2) is 0 Å². The van der Waals surface area contributed by atoms with Crippen LogP contribution in [0.4, 0.5) is 11.4 Å². The summed E-state index contributed by atoms with van der Waals surface area (Å²) in [6, 6.07) is 16.0. The maximum absolute atomic E-state index is 3.67. The molecule has 2 aliphatic rings. The SMILES string of the molecule is CN1CCCCC1Cc1cccc2c1Nc1ccccc1S2. The van der Waals surface area contributed by atoms with Gasteiger partial charge in [0.2, 0.25) is 0 Å². The number of fused-ring (bicyclic) bond motifs is 2. The predicted molar refractivity (Wildman–Crippen MR) is 94.3 cm³/mol. The summed E-state index contributed by atoms with van der Waals surface area (Å²) < 4.78 is 0.